The smallest absolute Gasteiger partial charge is 0.285 e. The van der Waals surface area contributed by atoms with E-state index >= 15 is 0 Å². The van der Waals surface area contributed by atoms with Crippen molar-refractivity contribution in [2.45, 2.75) is 11.8 Å². The first-order valence-corrected chi connectivity index (χ1v) is 11.2. The van der Waals surface area contributed by atoms with Gasteiger partial charge in [0.25, 0.3) is 15.9 Å². The molecule has 0 atom stereocenters. The zero-order chi connectivity index (χ0) is 22.0. The van der Waals surface area contributed by atoms with Crippen LogP contribution in [-0.4, -0.2) is 26.8 Å². The quantitative estimate of drug-likeness (QED) is 0.588. The van der Waals surface area contributed by atoms with Gasteiger partial charge in [-0.15, -0.1) is 4.40 Å². The molecule has 0 radical (unpaired) electrons. The Hall–Kier alpha value is -3.36. The monoisotopic (exact) mass is 455 g/mol. The highest BCUT2D eigenvalue weighted by atomic mass is 35.5. The molecule has 0 saturated heterocycles. The van der Waals surface area contributed by atoms with Crippen molar-refractivity contribution >= 4 is 44.7 Å². The molecule has 0 bridgehead atoms. The third kappa shape index (κ3) is 4.40. The number of sulfonamides is 1. The molecule has 1 amide bonds. The van der Waals surface area contributed by atoms with Crippen LogP contribution in [0.4, 0.5) is 11.4 Å². The van der Waals surface area contributed by atoms with Crippen LogP contribution in [-0.2, 0) is 10.0 Å². The topological polar surface area (TPSA) is 96.9 Å². The Balaban J connectivity index is 1.51. The summed E-state index contributed by atoms with van der Waals surface area (Å²) < 4.78 is 33.7. The third-order valence-electron chi connectivity index (χ3n) is 4.53. The fourth-order valence-corrected chi connectivity index (χ4v) is 4.46. The van der Waals surface area contributed by atoms with Crippen molar-refractivity contribution in [3.63, 3.8) is 0 Å². The van der Waals surface area contributed by atoms with Crippen LogP contribution >= 0.6 is 11.6 Å². The summed E-state index contributed by atoms with van der Waals surface area (Å²) in [4.78, 5) is 12.8. The molecule has 1 heterocycles. The Kier molecular flexibility index (Phi) is 5.67. The van der Waals surface area contributed by atoms with Crippen LogP contribution < -0.4 is 15.4 Å². The highest BCUT2D eigenvalue weighted by Crippen LogP contribution is 2.29. The number of rotatable bonds is 5. The molecule has 158 valence electrons. The van der Waals surface area contributed by atoms with Gasteiger partial charge in [0.2, 0.25) is 0 Å². The minimum absolute atomic E-state index is 0.167. The number of anilines is 2. The Morgan fingerprint density at radius 1 is 1.06 bits per heavy atom. The van der Waals surface area contributed by atoms with Crippen LogP contribution in [0.3, 0.4) is 0 Å². The maximum Gasteiger partial charge on any atom is 0.285 e. The van der Waals surface area contributed by atoms with Crippen molar-refractivity contribution in [2.75, 3.05) is 17.2 Å². The third-order valence-corrected chi connectivity index (χ3v) is 6.10. The van der Waals surface area contributed by atoms with Gasteiger partial charge in [-0.05, 0) is 61.5 Å². The summed E-state index contributed by atoms with van der Waals surface area (Å²) in [5, 5.41) is 6.28. The van der Waals surface area contributed by atoms with Gasteiger partial charge in [0.1, 0.15) is 10.6 Å². The van der Waals surface area contributed by atoms with E-state index in [-0.39, 0.29) is 16.6 Å². The van der Waals surface area contributed by atoms with Crippen molar-refractivity contribution in [1.82, 2.24) is 0 Å². The average Bonchev–Trinajstić information content (AvgIpc) is 3.01. The van der Waals surface area contributed by atoms with Crippen LogP contribution in [0.5, 0.6) is 5.75 Å². The molecular weight excluding hydrogens is 438 g/mol. The van der Waals surface area contributed by atoms with Gasteiger partial charge in [0.15, 0.2) is 5.84 Å². The standard InChI is InChI=1S/C22H18ClN3O4S/c1-2-30-19-12-9-15(23)13-18(19)25-22(27)14-7-10-16(11-8-14)24-21-17-5-3-4-6-20(17)31(28,29)26-21/h3-13H,2H2,1H3,(H,24,26)(H,25,27). The summed E-state index contributed by atoms with van der Waals surface area (Å²) in [5.41, 5.74) is 1.99. The Morgan fingerprint density at radius 3 is 2.55 bits per heavy atom. The largest absolute Gasteiger partial charge is 0.492 e. The van der Waals surface area contributed by atoms with Gasteiger partial charge in [-0.3, -0.25) is 4.79 Å². The first kappa shape index (κ1) is 20.9. The number of nitrogens with one attached hydrogen (secondary N) is 2. The van der Waals surface area contributed by atoms with Crippen LogP contribution in [0, 0.1) is 0 Å². The molecule has 31 heavy (non-hydrogen) atoms. The zero-order valence-electron chi connectivity index (χ0n) is 16.4. The summed E-state index contributed by atoms with van der Waals surface area (Å²) in [6, 6.07) is 18.2. The molecule has 1 aliphatic heterocycles. The van der Waals surface area contributed by atoms with Gasteiger partial charge in [-0.2, -0.15) is 8.42 Å². The van der Waals surface area contributed by atoms with Crippen LogP contribution in [0.2, 0.25) is 5.02 Å². The summed E-state index contributed by atoms with van der Waals surface area (Å²) >= 11 is 6.04. The van der Waals surface area contributed by atoms with Crippen molar-refractivity contribution < 1.29 is 17.9 Å². The number of nitrogens with zero attached hydrogens (tertiary/aromatic N) is 1. The highest BCUT2D eigenvalue weighted by Gasteiger charge is 2.28. The second-order valence-corrected chi connectivity index (χ2v) is 8.65. The molecule has 9 heteroatoms. The van der Waals surface area contributed by atoms with Crippen molar-refractivity contribution in [3.8, 4) is 5.75 Å². The molecule has 0 spiro atoms. The number of carbonyl (C=O) groups is 1. The number of carbonyl (C=O) groups excluding carboxylic acids is 1. The van der Waals surface area contributed by atoms with E-state index < -0.39 is 10.0 Å². The highest BCUT2D eigenvalue weighted by molar-refractivity contribution is 7.90. The van der Waals surface area contributed by atoms with E-state index in [1.807, 2.05) is 6.92 Å². The minimum Gasteiger partial charge on any atom is -0.492 e. The van der Waals surface area contributed by atoms with E-state index in [0.717, 1.165) is 0 Å². The number of ether oxygens (including phenoxy) is 1. The molecule has 1 aliphatic rings. The number of amides is 1. The number of hydrogen-bond acceptors (Lipinski definition) is 5. The fraction of sp³-hybridized carbons (Fsp3) is 0.0909. The lowest BCUT2D eigenvalue weighted by molar-refractivity contribution is 0.102. The molecular formula is C22H18ClN3O4S. The molecule has 2 N–H and O–H groups in total. The summed E-state index contributed by atoms with van der Waals surface area (Å²) in [5.74, 6) is 0.437. The zero-order valence-corrected chi connectivity index (χ0v) is 18.0. The SMILES string of the molecule is CCOc1ccc(Cl)cc1NC(=O)c1ccc(NC2=NS(=O)(=O)c3ccccc32)cc1. The average molecular weight is 456 g/mol. The number of amidine groups is 1. The molecule has 4 rings (SSSR count). The van der Waals surface area contributed by atoms with Crippen molar-refractivity contribution in [1.29, 1.82) is 0 Å². The lowest BCUT2D eigenvalue weighted by Crippen LogP contribution is -2.14. The lowest BCUT2D eigenvalue weighted by Gasteiger charge is -2.12. The van der Waals surface area contributed by atoms with E-state index in [0.29, 0.717) is 39.9 Å². The van der Waals surface area contributed by atoms with E-state index in [1.165, 1.54) is 6.07 Å². The maximum atomic E-state index is 12.7. The van der Waals surface area contributed by atoms with Crippen LogP contribution in [0.25, 0.3) is 0 Å². The number of halogens is 1. The maximum absolute atomic E-state index is 12.7. The number of benzene rings is 3. The molecule has 7 nitrogen and oxygen atoms in total. The van der Waals surface area contributed by atoms with E-state index in [2.05, 4.69) is 15.0 Å². The van der Waals surface area contributed by atoms with Gasteiger partial charge < -0.3 is 15.4 Å². The minimum atomic E-state index is -3.70. The Morgan fingerprint density at radius 2 is 1.81 bits per heavy atom. The fourth-order valence-electron chi connectivity index (χ4n) is 3.11. The summed E-state index contributed by atoms with van der Waals surface area (Å²) in [6.07, 6.45) is 0. The summed E-state index contributed by atoms with van der Waals surface area (Å²) in [6.45, 7) is 2.30. The van der Waals surface area contributed by atoms with Gasteiger partial charge >= 0.3 is 0 Å². The second-order valence-electron chi connectivity index (χ2n) is 6.64. The molecule has 0 aliphatic carbocycles. The first-order valence-electron chi connectivity index (χ1n) is 9.42. The normalized spacial score (nSPS) is 13.8. The van der Waals surface area contributed by atoms with Gasteiger partial charge in [0, 0.05) is 21.8 Å². The second kappa shape index (κ2) is 8.41. The molecule has 0 fully saturated rings. The Bertz CT molecular complexity index is 1290. The predicted octanol–water partition coefficient (Wildman–Crippen LogP) is 4.55. The molecule has 0 saturated carbocycles. The van der Waals surface area contributed by atoms with Gasteiger partial charge in [-0.25, -0.2) is 0 Å². The van der Waals surface area contributed by atoms with Crippen molar-refractivity contribution in [3.05, 3.63) is 82.9 Å². The first-order chi connectivity index (χ1) is 14.9. The van der Waals surface area contributed by atoms with Crippen molar-refractivity contribution in [2.24, 2.45) is 4.40 Å². The van der Waals surface area contributed by atoms with E-state index in [9.17, 15) is 13.2 Å². The number of fused-ring (bicyclic) bond motifs is 1. The number of hydrogen-bond donors (Lipinski definition) is 2. The predicted molar refractivity (Wildman–Crippen MR) is 121 cm³/mol. The van der Waals surface area contributed by atoms with E-state index in [4.69, 9.17) is 16.3 Å². The lowest BCUT2D eigenvalue weighted by atomic mass is 10.1. The molecule has 0 aromatic heterocycles. The van der Waals surface area contributed by atoms with Crippen LogP contribution in [0.15, 0.2) is 76.0 Å². The van der Waals surface area contributed by atoms with E-state index in [1.54, 1.807) is 60.7 Å². The molecule has 3 aromatic carbocycles. The van der Waals surface area contributed by atoms with Crippen LogP contribution in [0.1, 0.15) is 22.8 Å². The molecule has 0 unspecified atom stereocenters. The summed E-state index contributed by atoms with van der Waals surface area (Å²) in [7, 11) is -3.70. The molecule has 3 aromatic rings. The van der Waals surface area contributed by atoms with Gasteiger partial charge in [0.05, 0.1) is 12.3 Å². The Labute approximate surface area is 184 Å². The van der Waals surface area contributed by atoms with Gasteiger partial charge in [-0.1, -0.05) is 23.7 Å².